The molecule has 0 spiro atoms. The fourth-order valence-corrected chi connectivity index (χ4v) is 4.98. The molecule has 1 rings (SSSR count). The molecule has 1 saturated heterocycles. The van der Waals surface area contributed by atoms with Gasteiger partial charge in [-0.25, -0.2) is 4.79 Å². The van der Waals surface area contributed by atoms with Crippen molar-refractivity contribution in [2.45, 2.75) is 31.0 Å². The van der Waals surface area contributed by atoms with Crippen LogP contribution in [0, 0.1) is 5.92 Å². The van der Waals surface area contributed by atoms with Crippen molar-refractivity contribution in [3.63, 3.8) is 0 Å². The van der Waals surface area contributed by atoms with E-state index in [1.165, 1.54) is 6.92 Å². The third-order valence-corrected chi connectivity index (χ3v) is 6.73. The fraction of sp³-hybridized carbons (Fsp3) is 0.750. The Morgan fingerprint density at radius 3 is 2.45 bits per heavy atom. The van der Waals surface area contributed by atoms with Crippen molar-refractivity contribution in [3.05, 3.63) is 0 Å². The molecule has 20 heavy (non-hydrogen) atoms. The zero-order chi connectivity index (χ0) is 15.1. The molecule has 0 aromatic heterocycles. The van der Waals surface area contributed by atoms with Gasteiger partial charge in [-0.2, -0.15) is 0 Å². The molecule has 0 aromatic rings. The summed E-state index contributed by atoms with van der Waals surface area (Å²) >= 11 is 4.44. The second-order valence-corrected chi connectivity index (χ2v) is 8.49. The zero-order valence-electron chi connectivity index (χ0n) is 11.4. The highest BCUT2D eigenvalue weighted by Crippen LogP contribution is 2.35. The van der Waals surface area contributed by atoms with Crippen molar-refractivity contribution in [2.75, 3.05) is 17.3 Å². The van der Waals surface area contributed by atoms with E-state index in [0.29, 0.717) is 12.2 Å². The third-order valence-electron chi connectivity index (χ3n) is 2.57. The quantitative estimate of drug-likeness (QED) is 0.707. The first-order valence-corrected chi connectivity index (χ1v) is 9.28. The third kappa shape index (κ3) is 6.41. The van der Waals surface area contributed by atoms with Crippen molar-refractivity contribution < 1.29 is 24.2 Å². The van der Waals surface area contributed by atoms with E-state index >= 15 is 0 Å². The van der Waals surface area contributed by atoms with Crippen LogP contribution in [0.5, 0.6) is 0 Å². The van der Waals surface area contributed by atoms with E-state index in [2.05, 4.69) is 0 Å². The maximum absolute atomic E-state index is 11.8. The van der Waals surface area contributed by atoms with Crippen molar-refractivity contribution in [2.24, 2.45) is 5.92 Å². The maximum atomic E-state index is 11.8. The van der Waals surface area contributed by atoms with Gasteiger partial charge in [0.1, 0.15) is 0 Å². The molecule has 0 unspecified atom stereocenters. The van der Waals surface area contributed by atoms with Crippen molar-refractivity contribution in [3.8, 4) is 0 Å². The maximum Gasteiger partial charge on any atom is 0.345 e. The summed E-state index contributed by atoms with van der Waals surface area (Å²) in [4.78, 5) is 33.8. The fourth-order valence-electron chi connectivity index (χ4n) is 1.48. The Morgan fingerprint density at radius 1 is 1.35 bits per heavy atom. The van der Waals surface area contributed by atoms with Crippen LogP contribution in [-0.4, -0.2) is 50.1 Å². The summed E-state index contributed by atoms with van der Waals surface area (Å²) in [5.74, 6) is 0.155. The molecule has 0 saturated carbocycles. The van der Waals surface area contributed by atoms with Gasteiger partial charge in [-0.3, -0.25) is 9.59 Å². The summed E-state index contributed by atoms with van der Waals surface area (Å²) in [6.45, 7) is 3.06. The lowest BCUT2D eigenvalue weighted by atomic mass is 10.2. The lowest BCUT2D eigenvalue weighted by Crippen LogP contribution is -2.32. The number of carboxylic acid groups (broad SMARTS) is 1. The summed E-state index contributed by atoms with van der Waals surface area (Å²) in [5, 5.41) is 9.06. The van der Waals surface area contributed by atoms with E-state index in [0.717, 1.165) is 23.3 Å². The number of carbonyl (C=O) groups excluding carboxylic acids is 2. The molecule has 2 atom stereocenters. The average molecular weight is 338 g/mol. The van der Waals surface area contributed by atoms with Crippen LogP contribution in [0.1, 0.15) is 20.3 Å². The number of thioether (sulfide) groups is 3. The van der Waals surface area contributed by atoms with Crippen LogP contribution in [0.3, 0.4) is 0 Å². The van der Waals surface area contributed by atoms with Crippen molar-refractivity contribution in [1.82, 2.24) is 0 Å². The number of esters is 1. The molecule has 1 aliphatic rings. The van der Waals surface area contributed by atoms with Crippen LogP contribution in [0.15, 0.2) is 0 Å². The van der Waals surface area contributed by atoms with Gasteiger partial charge >= 0.3 is 11.9 Å². The van der Waals surface area contributed by atoms with Gasteiger partial charge in [0.25, 0.3) is 0 Å². The van der Waals surface area contributed by atoms with Gasteiger partial charge in [0.15, 0.2) is 5.12 Å². The van der Waals surface area contributed by atoms with Gasteiger partial charge in [-0.1, -0.05) is 18.7 Å². The molecule has 1 aliphatic heterocycles. The summed E-state index contributed by atoms with van der Waals surface area (Å²) in [6.07, 6.45) is -0.779. The standard InChI is InChI=1S/C12H18O5S3/c1-7(6-20-8(2)13)12(16)17-9(11(14)15)5-10-18-3-4-19-10/h7,9-10H,3-6H2,1-2H3,(H,14,15)/t7-,9+/m1/s1. The van der Waals surface area contributed by atoms with Crippen LogP contribution in [-0.2, 0) is 19.1 Å². The Morgan fingerprint density at radius 2 is 1.95 bits per heavy atom. The molecule has 8 heteroatoms. The van der Waals surface area contributed by atoms with Crippen LogP contribution in [0.25, 0.3) is 0 Å². The van der Waals surface area contributed by atoms with E-state index < -0.39 is 24.0 Å². The number of hydrogen-bond acceptors (Lipinski definition) is 7. The lowest BCUT2D eigenvalue weighted by Gasteiger charge is -2.18. The number of aliphatic carboxylic acids is 1. The average Bonchev–Trinajstić information content (AvgIpc) is 2.87. The molecule has 0 aliphatic carbocycles. The monoisotopic (exact) mass is 338 g/mol. The Hall–Kier alpha value is -0.340. The van der Waals surface area contributed by atoms with Gasteiger partial charge in [0, 0.05) is 30.6 Å². The Labute approximate surface area is 131 Å². The molecule has 5 nitrogen and oxygen atoms in total. The molecule has 0 bridgehead atoms. The zero-order valence-corrected chi connectivity index (χ0v) is 13.8. The van der Waals surface area contributed by atoms with Gasteiger partial charge in [-0.15, -0.1) is 23.5 Å². The lowest BCUT2D eigenvalue weighted by molar-refractivity contribution is -0.166. The Kier molecular flexibility index (Phi) is 7.83. The second-order valence-electron chi connectivity index (χ2n) is 4.37. The Balaban J connectivity index is 2.45. The van der Waals surface area contributed by atoms with Gasteiger partial charge in [-0.05, 0) is 0 Å². The van der Waals surface area contributed by atoms with Gasteiger partial charge in [0.2, 0.25) is 6.10 Å². The largest absolute Gasteiger partial charge is 0.479 e. The highest BCUT2D eigenvalue weighted by Gasteiger charge is 2.30. The number of hydrogen-bond donors (Lipinski definition) is 1. The minimum Gasteiger partial charge on any atom is -0.479 e. The highest BCUT2D eigenvalue weighted by atomic mass is 32.2. The number of rotatable bonds is 7. The predicted molar refractivity (Wildman–Crippen MR) is 83.1 cm³/mol. The normalized spacial score (nSPS) is 18.5. The number of carbonyl (C=O) groups is 3. The molecule has 1 fully saturated rings. The summed E-state index contributed by atoms with van der Waals surface area (Å²) in [5.41, 5.74) is 0. The van der Waals surface area contributed by atoms with Crippen LogP contribution >= 0.6 is 35.3 Å². The first-order valence-electron chi connectivity index (χ1n) is 6.20. The minimum absolute atomic E-state index is 0.0711. The van der Waals surface area contributed by atoms with E-state index in [1.54, 1.807) is 30.4 Å². The van der Waals surface area contributed by atoms with Gasteiger partial charge < -0.3 is 9.84 Å². The summed E-state index contributed by atoms with van der Waals surface area (Å²) in [6, 6.07) is 0. The summed E-state index contributed by atoms with van der Waals surface area (Å²) in [7, 11) is 0. The molecule has 1 heterocycles. The molecule has 0 aromatic carbocycles. The SMILES string of the molecule is CC(=O)SC[C@@H](C)C(=O)O[C@@H](CC1SCCS1)C(=O)O. The predicted octanol–water partition coefficient (Wildman–Crippen LogP) is 2.09. The van der Waals surface area contributed by atoms with Crippen molar-refractivity contribution >= 4 is 52.3 Å². The molecule has 0 radical (unpaired) electrons. The molecule has 0 amide bonds. The first kappa shape index (κ1) is 17.7. The van der Waals surface area contributed by atoms with Crippen LogP contribution in [0.4, 0.5) is 0 Å². The number of carboxylic acids is 1. The molecular weight excluding hydrogens is 320 g/mol. The van der Waals surface area contributed by atoms with E-state index in [-0.39, 0.29) is 9.70 Å². The smallest absolute Gasteiger partial charge is 0.345 e. The topological polar surface area (TPSA) is 80.7 Å². The Bertz CT molecular complexity index is 368. The van der Waals surface area contributed by atoms with Crippen LogP contribution < -0.4 is 0 Å². The summed E-state index contributed by atoms with van der Waals surface area (Å²) < 4.78 is 5.25. The minimum atomic E-state index is -1.11. The van der Waals surface area contributed by atoms with E-state index in [4.69, 9.17) is 9.84 Å². The molecule has 1 N–H and O–H groups in total. The van der Waals surface area contributed by atoms with E-state index in [9.17, 15) is 14.4 Å². The molecular formula is C12H18O5S3. The number of ether oxygens (including phenoxy) is 1. The highest BCUT2D eigenvalue weighted by molar-refractivity contribution is 8.20. The van der Waals surface area contributed by atoms with Gasteiger partial charge in [0.05, 0.1) is 10.5 Å². The molecule has 114 valence electrons. The van der Waals surface area contributed by atoms with Crippen LogP contribution in [0.2, 0.25) is 0 Å². The van der Waals surface area contributed by atoms with E-state index in [1.807, 2.05) is 0 Å². The first-order chi connectivity index (χ1) is 9.40. The van der Waals surface area contributed by atoms with Crippen molar-refractivity contribution in [1.29, 1.82) is 0 Å². The second kappa shape index (κ2) is 8.84.